The molecule has 0 aromatic heterocycles. The summed E-state index contributed by atoms with van der Waals surface area (Å²) in [6.07, 6.45) is 0. The van der Waals surface area contributed by atoms with E-state index < -0.39 is 32.6 Å². The number of benzene rings is 1. The molecule has 1 aromatic rings. The quantitative estimate of drug-likeness (QED) is 0.431. The highest BCUT2D eigenvalue weighted by molar-refractivity contribution is 7.89. The smallest absolute Gasteiger partial charge is 0.312 e. The van der Waals surface area contributed by atoms with Gasteiger partial charge in [0, 0.05) is 18.8 Å². The fourth-order valence-electron chi connectivity index (χ4n) is 1.23. The van der Waals surface area contributed by atoms with Crippen LogP contribution in [0.1, 0.15) is 0 Å². The van der Waals surface area contributed by atoms with E-state index in [0.717, 1.165) is 6.07 Å². The molecule has 0 aliphatic heterocycles. The number of carbonyl (C=O) groups excluding carboxylic acids is 1. The summed E-state index contributed by atoms with van der Waals surface area (Å²) in [7, 11) is -4.27. The van der Waals surface area contributed by atoms with Gasteiger partial charge in [-0.25, -0.2) is 26.7 Å². The van der Waals surface area contributed by atoms with Gasteiger partial charge < -0.3 is 16.8 Å². The highest BCUT2D eigenvalue weighted by Gasteiger charge is 2.22. The second-order valence-electron chi connectivity index (χ2n) is 3.50. The summed E-state index contributed by atoms with van der Waals surface area (Å²) < 4.78 is 51.8. The fourth-order valence-corrected chi connectivity index (χ4v) is 2.38. The maximum absolute atomic E-state index is 13.4. The summed E-state index contributed by atoms with van der Waals surface area (Å²) in [5.41, 5.74) is 9.78. The van der Waals surface area contributed by atoms with Crippen LogP contribution in [0, 0.1) is 11.6 Å². The number of nitrogens with two attached hydrogens (primary N) is 2. The number of nitrogens with one attached hydrogen (secondary N) is 2. The summed E-state index contributed by atoms with van der Waals surface area (Å²) in [6, 6.07) is 0.631. The van der Waals surface area contributed by atoms with Gasteiger partial charge >= 0.3 is 6.03 Å². The van der Waals surface area contributed by atoms with Crippen LogP contribution in [0.25, 0.3) is 0 Å². The summed E-state index contributed by atoms with van der Waals surface area (Å²) in [5, 5.41) is 2.13. The van der Waals surface area contributed by atoms with Crippen molar-refractivity contribution < 1.29 is 22.0 Å². The van der Waals surface area contributed by atoms with Crippen LogP contribution in [-0.4, -0.2) is 27.5 Å². The minimum atomic E-state index is -4.27. The van der Waals surface area contributed by atoms with E-state index in [1.807, 2.05) is 4.72 Å². The van der Waals surface area contributed by atoms with E-state index in [4.69, 9.17) is 11.5 Å². The SMILES string of the molecule is NC(=O)NCCNS(=O)(=O)c1cc(N)cc(F)c1F. The van der Waals surface area contributed by atoms with Crippen molar-refractivity contribution in [3.8, 4) is 0 Å². The molecule has 7 nitrogen and oxygen atoms in total. The molecule has 0 saturated heterocycles. The molecule has 6 N–H and O–H groups in total. The number of urea groups is 1. The van der Waals surface area contributed by atoms with E-state index in [1.54, 1.807) is 0 Å². The summed E-state index contributed by atoms with van der Waals surface area (Å²) in [6.45, 7) is -0.331. The zero-order valence-electron chi connectivity index (χ0n) is 9.61. The number of hydrogen-bond acceptors (Lipinski definition) is 4. The molecule has 106 valence electrons. The zero-order chi connectivity index (χ0) is 14.6. The van der Waals surface area contributed by atoms with Crippen LogP contribution in [0.5, 0.6) is 0 Å². The largest absolute Gasteiger partial charge is 0.399 e. The van der Waals surface area contributed by atoms with Crippen molar-refractivity contribution >= 4 is 21.7 Å². The van der Waals surface area contributed by atoms with Gasteiger partial charge in [-0.2, -0.15) is 0 Å². The monoisotopic (exact) mass is 294 g/mol. The van der Waals surface area contributed by atoms with E-state index >= 15 is 0 Å². The molecule has 0 bridgehead atoms. The highest BCUT2D eigenvalue weighted by atomic mass is 32.2. The molecule has 1 aromatic carbocycles. The van der Waals surface area contributed by atoms with Crippen LogP contribution < -0.4 is 21.5 Å². The Morgan fingerprint density at radius 2 is 1.89 bits per heavy atom. The Hall–Kier alpha value is -1.94. The summed E-state index contributed by atoms with van der Waals surface area (Å²) >= 11 is 0. The van der Waals surface area contributed by atoms with Crippen molar-refractivity contribution in [3.05, 3.63) is 23.8 Å². The molecule has 1 rings (SSSR count). The van der Waals surface area contributed by atoms with Gasteiger partial charge in [0.05, 0.1) is 0 Å². The minimum Gasteiger partial charge on any atom is -0.399 e. The maximum Gasteiger partial charge on any atom is 0.312 e. The first kappa shape index (κ1) is 15.1. The van der Waals surface area contributed by atoms with Gasteiger partial charge in [0.15, 0.2) is 11.6 Å². The third kappa shape index (κ3) is 4.03. The Kier molecular flexibility index (Phi) is 4.62. The number of sulfonamides is 1. The van der Waals surface area contributed by atoms with Crippen molar-refractivity contribution in [1.29, 1.82) is 0 Å². The molecule has 0 fully saturated rings. The number of hydrogen-bond donors (Lipinski definition) is 4. The van der Waals surface area contributed by atoms with Gasteiger partial charge in [-0.3, -0.25) is 0 Å². The Morgan fingerprint density at radius 1 is 1.26 bits per heavy atom. The zero-order valence-corrected chi connectivity index (χ0v) is 10.4. The molecule has 2 amide bonds. The number of primary amides is 1. The Morgan fingerprint density at radius 3 is 2.47 bits per heavy atom. The van der Waals surface area contributed by atoms with Crippen LogP contribution >= 0.6 is 0 Å². The van der Waals surface area contributed by atoms with Crippen molar-refractivity contribution in [1.82, 2.24) is 10.0 Å². The lowest BCUT2D eigenvalue weighted by molar-refractivity contribution is 0.249. The van der Waals surface area contributed by atoms with Crippen molar-refractivity contribution in [3.63, 3.8) is 0 Å². The first-order valence-electron chi connectivity index (χ1n) is 5.01. The van der Waals surface area contributed by atoms with E-state index in [0.29, 0.717) is 6.07 Å². The molecule has 10 heteroatoms. The van der Waals surface area contributed by atoms with Crippen LogP contribution in [0.2, 0.25) is 0 Å². The van der Waals surface area contributed by atoms with Crippen LogP contribution in [0.15, 0.2) is 17.0 Å². The molecule has 19 heavy (non-hydrogen) atoms. The summed E-state index contributed by atoms with van der Waals surface area (Å²) in [5.74, 6) is -2.89. The molecule has 0 radical (unpaired) electrons. The molecule has 0 aliphatic carbocycles. The Bertz CT molecular complexity index is 591. The molecule has 0 aliphatic rings. The average molecular weight is 294 g/mol. The molecule has 0 spiro atoms. The fraction of sp³-hybridized carbons (Fsp3) is 0.222. The third-order valence-corrected chi connectivity index (χ3v) is 3.48. The van der Waals surface area contributed by atoms with E-state index in [2.05, 4.69) is 5.32 Å². The van der Waals surface area contributed by atoms with Crippen molar-refractivity contribution in [2.75, 3.05) is 18.8 Å². The highest BCUT2D eigenvalue weighted by Crippen LogP contribution is 2.20. The second-order valence-corrected chi connectivity index (χ2v) is 5.24. The normalized spacial score (nSPS) is 11.3. The first-order valence-corrected chi connectivity index (χ1v) is 6.50. The molecule has 0 atom stereocenters. The second kappa shape index (κ2) is 5.80. The lowest BCUT2D eigenvalue weighted by Crippen LogP contribution is -2.37. The first-order chi connectivity index (χ1) is 8.74. The van der Waals surface area contributed by atoms with Gasteiger partial charge in [0.1, 0.15) is 4.90 Å². The van der Waals surface area contributed by atoms with Crippen molar-refractivity contribution in [2.45, 2.75) is 4.90 Å². The number of nitrogen functional groups attached to an aromatic ring is 1. The standard InChI is InChI=1S/C9H12F2N4O3S/c10-6-3-5(12)4-7(8(6)11)19(17,18)15-2-1-14-9(13)16/h3-4,15H,1-2,12H2,(H3,13,14,16). The molecule has 0 saturated carbocycles. The van der Waals surface area contributed by atoms with Crippen LogP contribution in [0.3, 0.4) is 0 Å². The molecular weight excluding hydrogens is 282 g/mol. The van der Waals surface area contributed by atoms with Gasteiger partial charge in [-0.15, -0.1) is 0 Å². The number of halogens is 2. The van der Waals surface area contributed by atoms with Crippen LogP contribution in [-0.2, 0) is 10.0 Å². The van der Waals surface area contributed by atoms with Gasteiger partial charge in [0.2, 0.25) is 10.0 Å². The van der Waals surface area contributed by atoms with E-state index in [1.165, 1.54) is 0 Å². The Labute approximate surface area is 108 Å². The lowest BCUT2D eigenvalue weighted by Gasteiger charge is -2.09. The summed E-state index contributed by atoms with van der Waals surface area (Å²) in [4.78, 5) is 9.45. The molecule has 0 heterocycles. The van der Waals surface area contributed by atoms with E-state index in [-0.39, 0.29) is 18.8 Å². The number of amides is 2. The number of rotatable bonds is 5. The molecular formula is C9H12F2N4O3S. The van der Waals surface area contributed by atoms with Gasteiger partial charge in [-0.05, 0) is 12.1 Å². The van der Waals surface area contributed by atoms with Crippen LogP contribution in [0.4, 0.5) is 19.3 Å². The predicted molar refractivity (Wildman–Crippen MR) is 63.5 cm³/mol. The topological polar surface area (TPSA) is 127 Å². The third-order valence-electron chi connectivity index (χ3n) is 2.02. The average Bonchev–Trinajstić information content (AvgIpc) is 2.29. The number of anilines is 1. The van der Waals surface area contributed by atoms with E-state index in [9.17, 15) is 22.0 Å². The molecule has 0 unspecified atom stereocenters. The minimum absolute atomic E-state index is 0.0962. The maximum atomic E-state index is 13.4. The number of carbonyl (C=O) groups is 1. The van der Waals surface area contributed by atoms with Gasteiger partial charge in [0.25, 0.3) is 0 Å². The predicted octanol–water partition coefficient (Wildman–Crippen LogP) is -0.506. The van der Waals surface area contributed by atoms with Gasteiger partial charge in [-0.1, -0.05) is 0 Å². The Balaban J connectivity index is 2.86. The lowest BCUT2D eigenvalue weighted by atomic mass is 10.3. The van der Waals surface area contributed by atoms with Crippen molar-refractivity contribution in [2.24, 2.45) is 5.73 Å².